The normalized spacial score (nSPS) is 11.7. The van der Waals surface area contributed by atoms with Gasteiger partial charge in [0.2, 0.25) is 5.91 Å². The first kappa shape index (κ1) is 14.8. The standard InChI is InChI=1S/C16H18N2O3/c1-11-5-3-6-13(9-11)16(20)18-12(2)15(19)17-10-14-7-4-8-21-14/h3-9,12H,10H2,1-2H3,(H,17,19)(H,18,20). The van der Waals surface area contributed by atoms with Gasteiger partial charge in [-0.25, -0.2) is 0 Å². The third-order valence-corrected chi connectivity index (χ3v) is 3.04. The molecular formula is C16H18N2O3. The summed E-state index contributed by atoms with van der Waals surface area (Å²) in [4.78, 5) is 23.9. The summed E-state index contributed by atoms with van der Waals surface area (Å²) in [6.45, 7) is 3.86. The number of hydrogen-bond donors (Lipinski definition) is 2. The van der Waals surface area contributed by atoms with Gasteiger partial charge in [-0.15, -0.1) is 0 Å². The molecule has 5 heteroatoms. The van der Waals surface area contributed by atoms with E-state index in [9.17, 15) is 9.59 Å². The van der Waals surface area contributed by atoms with Crippen LogP contribution in [0.5, 0.6) is 0 Å². The fourth-order valence-corrected chi connectivity index (χ4v) is 1.87. The molecule has 2 amide bonds. The Bertz CT molecular complexity index is 620. The van der Waals surface area contributed by atoms with Crippen molar-refractivity contribution in [3.05, 3.63) is 59.5 Å². The Balaban J connectivity index is 1.86. The van der Waals surface area contributed by atoms with Crippen LogP contribution in [-0.2, 0) is 11.3 Å². The van der Waals surface area contributed by atoms with E-state index in [4.69, 9.17) is 4.42 Å². The molecule has 0 fully saturated rings. The van der Waals surface area contributed by atoms with Crippen molar-refractivity contribution in [3.63, 3.8) is 0 Å². The first-order valence-corrected chi connectivity index (χ1v) is 6.74. The fourth-order valence-electron chi connectivity index (χ4n) is 1.87. The second-order valence-corrected chi connectivity index (χ2v) is 4.86. The first-order valence-electron chi connectivity index (χ1n) is 6.74. The van der Waals surface area contributed by atoms with E-state index in [0.717, 1.165) is 5.56 Å². The number of aryl methyl sites for hydroxylation is 1. The summed E-state index contributed by atoms with van der Waals surface area (Å²) in [5.41, 5.74) is 1.54. The highest BCUT2D eigenvalue weighted by Crippen LogP contribution is 2.04. The van der Waals surface area contributed by atoms with E-state index >= 15 is 0 Å². The summed E-state index contributed by atoms with van der Waals surface area (Å²) >= 11 is 0. The Labute approximate surface area is 123 Å². The minimum Gasteiger partial charge on any atom is -0.467 e. The van der Waals surface area contributed by atoms with Gasteiger partial charge in [-0.05, 0) is 38.1 Å². The lowest BCUT2D eigenvalue weighted by molar-refractivity contribution is -0.122. The molecule has 1 aromatic heterocycles. The van der Waals surface area contributed by atoms with Crippen LogP contribution in [0.25, 0.3) is 0 Å². The van der Waals surface area contributed by atoms with Crippen LogP contribution in [0.15, 0.2) is 47.1 Å². The molecule has 110 valence electrons. The number of carbonyl (C=O) groups is 2. The summed E-state index contributed by atoms with van der Waals surface area (Å²) in [6.07, 6.45) is 1.55. The Morgan fingerprint density at radius 2 is 2.05 bits per heavy atom. The van der Waals surface area contributed by atoms with Crippen molar-refractivity contribution in [2.24, 2.45) is 0 Å². The molecule has 0 saturated heterocycles. The second kappa shape index (κ2) is 6.74. The molecule has 1 unspecified atom stereocenters. The van der Waals surface area contributed by atoms with Crippen molar-refractivity contribution in [2.45, 2.75) is 26.4 Å². The summed E-state index contributed by atoms with van der Waals surface area (Å²) in [6, 6.07) is 10.1. The zero-order valence-electron chi connectivity index (χ0n) is 12.1. The molecule has 0 aliphatic rings. The van der Waals surface area contributed by atoms with Crippen molar-refractivity contribution in [1.29, 1.82) is 0 Å². The van der Waals surface area contributed by atoms with Crippen LogP contribution < -0.4 is 10.6 Å². The van der Waals surface area contributed by atoms with E-state index in [-0.39, 0.29) is 11.8 Å². The predicted octanol–water partition coefficient (Wildman–Crippen LogP) is 2.02. The molecule has 2 rings (SSSR count). The number of nitrogens with one attached hydrogen (secondary N) is 2. The van der Waals surface area contributed by atoms with Crippen LogP contribution in [0.1, 0.15) is 28.6 Å². The molecule has 2 N–H and O–H groups in total. The number of furan rings is 1. The first-order chi connectivity index (χ1) is 10.1. The summed E-state index contributed by atoms with van der Waals surface area (Å²) < 4.78 is 5.13. The Hall–Kier alpha value is -2.56. The maximum Gasteiger partial charge on any atom is 0.251 e. The lowest BCUT2D eigenvalue weighted by Gasteiger charge is -2.13. The number of amides is 2. The molecular weight excluding hydrogens is 268 g/mol. The second-order valence-electron chi connectivity index (χ2n) is 4.86. The molecule has 2 aromatic rings. The molecule has 1 atom stereocenters. The molecule has 1 aromatic carbocycles. The topological polar surface area (TPSA) is 71.3 Å². The lowest BCUT2D eigenvalue weighted by Crippen LogP contribution is -2.44. The van der Waals surface area contributed by atoms with Crippen LogP contribution in [-0.4, -0.2) is 17.9 Å². The lowest BCUT2D eigenvalue weighted by atomic mass is 10.1. The van der Waals surface area contributed by atoms with Gasteiger partial charge in [0.25, 0.3) is 5.91 Å². The summed E-state index contributed by atoms with van der Waals surface area (Å²) in [7, 11) is 0. The van der Waals surface area contributed by atoms with E-state index in [1.54, 1.807) is 37.5 Å². The molecule has 1 heterocycles. The zero-order chi connectivity index (χ0) is 15.2. The third-order valence-electron chi connectivity index (χ3n) is 3.04. The Kier molecular flexibility index (Phi) is 4.77. The predicted molar refractivity (Wildman–Crippen MR) is 78.7 cm³/mol. The molecule has 0 spiro atoms. The molecule has 5 nitrogen and oxygen atoms in total. The van der Waals surface area contributed by atoms with Gasteiger partial charge in [0.05, 0.1) is 12.8 Å². The van der Waals surface area contributed by atoms with Gasteiger partial charge in [-0.2, -0.15) is 0 Å². The number of hydrogen-bond acceptors (Lipinski definition) is 3. The molecule has 0 saturated carbocycles. The smallest absolute Gasteiger partial charge is 0.251 e. The maximum absolute atomic E-state index is 12.0. The SMILES string of the molecule is Cc1cccc(C(=O)NC(C)C(=O)NCc2ccco2)c1. The Morgan fingerprint density at radius 1 is 1.24 bits per heavy atom. The summed E-state index contributed by atoms with van der Waals surface area (Å²) in [5.74, 6) is 0.146. The van der Waals surface area contributed by atoms with Crippen molar-refractivity contribution in [2.75, 3.05) is 0 Å². The molecule has 0 bridgehead atoms. The van der Waals surface area contributed by atoms with E-state index in [1.165, 1.54) is 0 Å². The third kappa shape index (κ3) is 4.21. The molecule has 21 heavy (non-hydrogen) atoms. The Morgan fingerprint density at radius 3 is 2.71 bits per heavy atom. The summed E-state index contributed by atoms with van der Waals surface area (Å²) in [5, 5.41) is 5.38. The van der Waals surface area contributed by atoms with Crippen LogP contribution in [0.2, 0.25) is 0 Å². The van der Waals surface area contributed by atoms with Crippen molar-refractivity contribution in [3.8, 4) is 0 Å². The van der Waals surface area contributed by atoms with E-state index in [0.29, 0.717) is 17.9 Å². The minimum atomic E-state index is -0.618. The van der Waals surface area contributed by atoms with Gasteiger partial charge in [-0.3, -0.25) is 9.59 Å². The van der Waals surface area contributed by atoms with E-state index in [1.807, 2.05) is 19.1 Å². The highest BCUT2D eigenvalue weighted by Gasteiger charge is 2.16. The van der Waals surface area contributed by atoms with Gasteiger partial charge < -0.3 is 15.1 Å². The van der Waals surface area contributed by atoms with Gasteiger partial charge in [0, 0.05) is 5.56 Å². The maximum atomic E-state index is 12.0. The van der Waals surface area contributed by atoms with Crippen LogP contribution in [0, 0.1) is 6.92 Å². The monoisotopic (exact) mass is 286 g/mol. The quantitative estimate of drug-likeness (QED) is 0.883. The highest BCUT2D eigenvalue weighted by molar-refractivity contribution is 5.97. The van der Waals surface area contributed by atoms with Crippen LogP contribution in [0.4, 0.5) is 0 Å². The molecule has 0 aliphatic carbocycles. The van der Waals surface area contributed by atoms with E-state index < -0.39 is 6.04 Å². The number of rotatable bonds is 5. The van der Waals surface area contributed by atoms with Crippen molar-refractivity contribution < 1.29 is 14.0 Å². The van der Waals surface area contributed by atoms with Crippen molar-refractivity contribution >= 4 is 11.8 Å². The largest absolute Gasteiger partial charge is 0.467 e. The average Bonchev–Trinajstić information content (AvgIpc) is 2.97. The fraction of sp³-hybridized carbons (Fsp3) is 0.250. The molecule has 0 aliphatic heterocycles. The minimum absolute atomic E-state index is 0.257. The van der Waals surface area contributed by atoms with Gasteiger partial charge in [0.1, 0.15) is 11.8 Å². The number of benzene rings is 1. The van der Waals surface area contributed by atoms with Crippen molar-refractivity contribution in [1.82, 2.24) is 10.6 Å². The van der Waals surface area contributed by atoms with Gasteiger partial charge in [0.15, 0.2) is 0 Å². The highest BCUT2D eigenvalue weighted by atomic mass is 16.3. The van der Waals surface area contributed by atoms with Gasteiger partial charge in [-0.1, -0.05) is 17.7 Å². The van der Waals surface area contributed by atoms with Crippen LogP contribution in [0.3, 0.4) is 0 Å². The van der Waals surface area contributed by atoms with E-state index in [2.05, 4.69) is 10.6 Å². The zero-order valence-corrected chi connectivity index (χ0v) is 12.1. The molecule has 0 radical (unpaired) electrons. The average molecular weight is 286 g/mol. The van der Waals surface area contributed by atoms with Crippen LogP contribution >= 0.6 is 0 Å². The van der Waals surface area contributed by atoms with Gasteiger partial charge >= 0.3 is 0 Å². The number of carbonyl (C=O) groups excluding carboxylic acids is 2.